The standard InChI is InChI=1S/C19H18ClN3S/c20-19-21-17(23-11-5-7-12-6-1-3-9-14(12)23)16-13-8-2-4-10-15(13)24-18(16)22-19/h1,3,6,9H,2,4-5,7-8,10-11H2. The van der Waals surface area contributed by atoms with Gasteiger partial charge in [0, 0.05) is 17.1 Å². The molecule has 0 unspecified atom stereocenters. The number of aromatic nitrogens is 2. The van der Waals surface area contributed by atoms with Crippen molar-refractivity contribution in [1.82, 2.24) is 9.97 Å². The molecule has 0 atom stereocenters. The topological polar surface area (TPSA) is 29.0 Å². The molecule has 5 rings (SSSR count). The fourth-order valence-electron chi connectivity index (χ4n) is 4.06. The SMILES string of the molecule is Clc1nc(N2CCCc3ccccc32)c2c3c(sc2n1)CCCC3. The highest BCUT2D eigenvalue weighted by molar-refractivity contribution is 7.19. The van der Waals surface area contributed by atoms with E-state index >= 15 is 0 Å². The lowest BCUT2D eigenvalue weighted by molar-refractivity contribution is 0.699. The normalized spacial score (nSPS) is 17.0. The zero-order valence-electron chi connectivity index (χ0n) is 13.4. The average molecular weight is 356 g/mol. The zero-order chi connectivity index (χ0) is 16.1. The first-order chi connectivity index (χ1) is 11.8. The Hall–Kier alpha value is -1.65. The summed E-state index contributed by atoms with van der Waals surface area (Å²) >= 11 is 8.10. The first-order valence-corrected chi connectivity index (χ1v) is 9.84. The first-order valence-electron chi connectivity index (χ1n) is 8.64. The van der Waals surface area contributed by atoms with Gasteiger partial charge in [-0.2, -0.15) is 4.98 Å². The highest BCUT2D eigenvalue weighted by Gasteiger charge is 2.26. The molecule has 0 amide bonds. The summed E-state index contributed by atoms with van der Waals surface area (Å²) in [6.45, 7) is 0.990. The average Bonchev–Trinajstić information content (AvgIpc) is 2.98. The number of benzene rings is 1. The molecular formula is C19H18ClN3S. The molecule has 1 aliphatic heterocycles. The molecule has 0 radical (unpaired) electrons. The lowest BCUT2D eigenvalue weighted by Gasteiger charge is -2.31. The van der Waals surface area contributed by atoms with E-state index in [4.69, 9.17) is 16.6 Å². The molecule has 24 heavy (non-hydrogen) atoms. The maximum atomic E-state index is 6.29. The third-order valence-corrected chi connectivity index (χ3v) is 6.49. The number of thiophene rings is 1. The van der Waals surface area contributed by atoms with Gasteiger partial charge in [0.05, 0.1) is 5.39 Å². The predicted molar refractivity (Wildman–Crippen MR) is 101 cm³/mol. The van der Waals surface area contributed by atoms with Crippen molar-refractivity contribution in [3.8, 4) is 0 Å². The van der Waals surface area contributed by atoms with Gasteiger partial charge in [-0.05, 0) is 67.3 Å². The van der Waals surface area contributed by atoms with Gasteiger partial charge >= 0.3 is 0 Å². The molecule has 122 valence electrons. The molecule has 2 aliphatic rings. The summed E-state index contributed by atoms with van der Waals surface area (Å²) in [4.78, 5) is 14.1. The van der Waals surface area contributed by atoms with Gasteiger partial charge in [-0.3, -0.25) is 0 Å². The van der Waals surface area contributed by atoms with Crippen molar-refractivity contribution < 1.29 is 0 Å². The molecule has 0 saturated carbocycles. The summed E-state index contributed by atoms with van der Waals surface area (Å²) in [7, 11) is 0. The van der Waals surface area contributed by atoms with Gasteiger partial charge < -0.3 is 4.90 Å². The zero-order valence-corrected chi connectivity index (χ0v) is 15.0. The second kappa shape index (κ2) is 5.71. The Morgan fingerprint density at radius 1 is 1.00 bits per heavy atom. The number of hydrogen-bond donors (Lipinski definition) is 0. The smallest absolute Gasteiger partial charge is 0.225 e. The molecule has 1 aliphatic carbocycles. The molecule has 0 saturated heterocycles. The maximum Gasteiger partial charge on any atom is 0.225 e. The van der Waals surface area contributed by atoms with E-state index in [2.05, 4.69) is 34.1 Å². The Morgan fingerprint density at radius 2 is 1.88 bits per heavy atom. The highest BCUT2D eigenvalue weighted by Crippen LogP contribution is 2.43. The first kappa shape index (κ1) is 14.7. The van der Waals surface area contributed by atoms with Crippen molar-refractivity contribution in [1.29, 1.82) is 0 Å². The third kappa shape index (κ3) is 2.24. The second-order valence-corrected chi connectivity index (χ2v) is 8.01. The molecule has 0 bridgehead atoms. The van der Waals surface area contributed by atoms with Crippen LogP contribution in [-0.4, -0.2) is 16.5 Å². The molecule has 2 aromatic heterocycles. The molecular weight excluding hydrogens is 338 g/mol. The molecule has 5 heteroatoms. The van der Waals surface area contributed by atoms with Gasteiger partial charge in [0.1, 0.15) is 10.6 Å². The predicted octanol–water partition coefficient (Wildman–Crippen LogP) is 5.31. The van der Waals surface area contributed by atoms with E-state index in [0.29, 0.717) is 5.28 Å². The largest absolute Gasteiger partial charge is 0.325 e. The van der Waals surface area contributed by atoms with Crippen LogP contribution in [0.15, 0.2) is 24.3 Å². The van der Waals surface area contributed by atoms with E-state index in [1.165, 1.54) is 46.3 Å². The monoisotopic (exact) mass is 355 g/mol. The minimum Gasteiger partial charge on any atom is -0.325 e. The highest BCUT2D eigenvalue weighted by atomic mass is 35.5. The van der Waals surface area contributed by atoms with Crippen LogP contribution in [0.25, 0.3) is 10.2 Å². The molecule has 0 N–H and O–H groups in total. The summed E-state index contributed by atoms with van der Waals surface area (Å²) in [5, 5.41) is 1.61. The van der Waals surface area contributed by atoms with Crippen LogP contribution in [-0.2, 0) is 19.3 Å². The summed E-state index contributed by atoms with van der Waals surface area (Å²) in [5.41, 5.74) is 4.14. The minimum absolute atomic E-state index is 0.360. The van der Waals surface area contributed by atoms with Gasteiger partial charge in [0.25, 0.3) is 0 Å². The van der Waals surface area contributed by atoms with E-state index < -0.39 is 0 Å². The summed E-state index contributed by atoms with van der Waals surface area (Å²) in [6, 6.07) is 8.66. The molecule has 3 heterocycles. The van der Waals surface area contributed by atoms with Crippen LogP contribution in [0.3, 0.4) is 0 Å². The van der Waals surface area contributed by atoms with Crippen LogP contribution in [0.1, 0.15) is 35.3 Å². The van der Waals surface area contributed by atoms with Crippen LogP contribution < -0.4 is 4.90 Å². The fourth-order valence-corrected chi connectivity index (χ4v) is 5.53. The maximum absolute atomic E-state index is 6.29. The lowest BCUT2D eigenvalue weighted by atomic mass is 9.96. The number of halogens is 1. The summed E-state index contributed by atoms with van der Waals surface area (Å²) in [5.74, 6) is 1.01. The van der Waals surface area contributed by atoms with Crippen molar-refractivity contribution >= 4 is 44.7 Å². The van der Waals surface area contributed by atoms with Crippen molar-refractivity contribution in [2.75, 3.05) is 11.4 Å². The molecule has 0 fully saturated rings. The van der Waals surface area contributed by atoms with Gasteiger partial charge in [-0.25, -0.2) is 4.98 Å². The fraction of sp³-hybridized carbons (Fsp3) is 0.368. The van der Waals surface area contributed by atoms with E-state index in [1.54, 1.807) is 0 Å². The van der Waals surface area contributed by atoms with Crippen LogP contribution in [0.2, 0.25) is 5.28 Å². The number of anilines is 2. The third-order valence-electron chi connectivity index (χ3n) is 5.13. The Bertz CT molecular complexity index is 934. The Morgan fingerprint density at radius 3 is 2.83 bits per heavy atom. The summed E-state index contributed by atoms with van der Waals surface area (Å²) < 4.78 is 0. The Kier molecular flexibility index (Phi) is 3.49. The van der Waals surface area contributed by atoms with Gasteiger partial charge in [-0.15, -0.1) is 11.3 Å². The number of rotatable bonds is 1. The van der Waals surface area contributed by atoms with Crippen molar-refractivity contribution in [2.45, 2.75) is 38.5 Å². The number of nitrogens with zero attached hydrogens (tertiary/aromatic N) is 3. The quantitative estimate of drug-likeness (QED) is 0.554. The molecule has 3 aromatic rings. The van der Waals surface area contributed by atoms with Crippen molar-refractivity contribution in [3.05, 3.63) is 45.6 Å². The van der Waals surface area contributed by atoms with Crippen LogP contribution >= 0.6 is 22.9 Å². The van der Waals surface area contributed by atoms with Gasteiger partial charge in [0.2, 0.25) is 5.28 Å². The molecule has 0 spiro atoms. The molecule has 3 nitrogen and oxygen atoms in total. The van der Waals surface area contributed by atoms with E-state index in [9.17, 15) is 0 Å². The van der Waals surface area contributed by atoms with Crippen molar-refractivity contribution in [2.24, 2.45) is 0 Å². The number of fused-ring (bicyclic) bond motifs is 4. The van der Waals surface area contributed by atoms with Crippen LogP contribution in [0.5, 0.6) is 0 Å². The Balaban J connectivity index is 1.77. The van der Waals surface area contributed by atoms with Crippen LogP contribution in [0, 0.1) is 0 Å². The van der Waals surface area contributed by atoms with Gasteiger partial charge in [-0.1, -0.05) is 18.2 Å². The lowest BCUT2D eigenvalue weighted by Crippen LogP contribution is -2.25. The van der Waals surface area contributed by atoms with E-state index in [0.717, 1.165) is 36.5 Å². The molecule has 1 aromatic carbocycles. The van der Waals surface area contributed by atoms with Crippen LogP contribution in [0.4, 0.5) is 11.5 Å². The second-order valence-electron chi connectivity index (χ2n) is 6.59. The number of hydrogen-bond acceptors (Lipinski definition) is 4. The van der Waals surface area contributed by atoms with Crippen molar-refractivity contribution in [3.63, 3.8) is 0 Å². The minimum atomic E-state index is 0.360. The summed E-state index contributed by atoms with van der Waals surface area (Å²) in [6.07, 6.45) is 7.13. The Labute approximate surface area is 150 Å². The number of aryl methyl sites for hydroxylation is 3. The van der Waals surface area contributed by atoms with E-state index in [-0.39, 0.29) is 0 Å². The van der Waals surface area contributed by atoms with Gasteiger partial charge in [0.15, 0.2) is 0 Å². The number of para-hydroxylation sites is 1. The van der Waals surface area contributed by atoms with E-state index in [1.807, 2.05) is 11.3 Å².